The van der Waals surface area contributed by atoms with Crippen molar-refractivity contribution in [3.63, 3.8) is 0 Å². The Morgan fingerprint density at radius 2 is 1.80 bits per heavy atom. The minimum atomic E-state index is 0.739. The predicted octanol–water partition coefficient (Wildman–Crippen LogP) is 4.42. The Kier molecular flexibility index (Phi) is 3.33. The Labute approximate surface area is 146 Å². The van der Waals surface area contributed by atoms with E-state index >= 15 is 0 Å². The first-order chi connectivity index (χ1) is 12.4. The highest BCUT2D eigenvalue weighted by Crippen LogP contribution is 2.40. The molecule has 4 nitrogen and oxygen atoms in total. The molecule has 4 aromatic rings. The van der Waals surface area contributed by atoms with Crippen molar-refractivity contribution in [1.82, 2.24) is 19.5 Å². The number of hydrogen-bond donors (Lipinski definition) is 0. The molecule has 0 spiro atoms. The summed E-state index contributed by atoms with van der Waals surface area (Å²) in [4.78, 5) is 13.2. The van der Waals surface area contributed by atoms with Crippen molar-refractivity contribution in [2.24, 2.45) is 0 Å². The van der Waals surface area contributed by atoms with Crippen LogP contribution >= 0.6 is 0 Å². The maximum Gasteiger partial charge on any atom is 0.0961 e. The first-order valence-electron chi connectivity index (χ1n) is 8.67. The number of fused-ring (bicyclic) bond motifs is 1. The summed E-state index contributed by atoms with van der Waals surface area (Å²) < 4.78 is 2.18. The van der Waals surface area contributed by atoms with Crippen LogP contribution in [0.1, 0.15) is 29.9 Å². The van der Waals surface area contributed by atoms with Gasteiger partial charge in [0, 0.05) is 30.7 Å². The third-order valence-electron chi connectivity index (χ3n) is 4.85. The molecule has 1 aliphatic rings. The second-order valence-electron chi connectivity index (χ2n) is 6.68. The number of imidazole rings is 1. The lowest BCUT2D eigenvalue weighted by Crippen LogP contribution is -1.98. The molecule has 25 heavy (non-hydrogen) atoms. The molecule has 1 saturated carbocycles. The first-order valence-corrected chi connectivity index (χ1v) is 8.67. The fourth-order valence-corrected chi connectivity index (χ4v) is 3.30. The van der Waals surface area contributed by atoms with Crippen LogP contribution in [0.3, 0.4) is 0 Å². The van der Waals surface area contributed by atoms with E-state index in [4.69, 9.17) is 0 Å². The Hall–Kier alpha value is -3.01. The number of rotatable bonds is 4. The summed E-state index contributed by atoms with van der Waals surface area (Å²) in [5, 5.41) is 0. The highest BCUT2D eigenvalue weighted by atomic mass is 15.0. The zero-order valence-corrected chi connectivity index (χ0v) is 13.8. The molecule has 1 aliphatic carbocycles. The van der Waals surface area contributed by atoms with E-state index in [2.05, 4.69) is 49.9 Å². The van der Waals surface area contributed by atoms with Gasteiger partial charge >= 0.3 is 0 Å². The van der Waals surface area contributed by atoms with Gasteiger partial charge in [-0.05, 0) is 66.3 Å². The highest BCUT2D eigenvalue weighted by Gasteiger charge is 2.23. The van der Waals surface area contributed by atoms with Crippen molar-refractivity contribution >= 4 is 11.0 Å². The van der Waals surface area contributed by atoms with Crippen LogP contribution in [0, 0.1) is 0 Å². The van der Waals surface area contributed by atoms with Crippen molar-refractivity contribution < 1.29 is 0 Å². The van der Waals surface area contributed by atoms with E-state index in [1.807, 2.05) is 37.1 Å². The summed E-state index contributed by atoms with van der Waals surface area (Å²) in [7, 11) is 0. The van der Waals surface area contributed by atoms with E-state index in [0.29, 0.717) is 0 Å². The summed E-state index contributed by atoms with van der Waals surface area (Å²) in [6.45, 7) is 0.790. The van der Waals surface area contributed by atoms with Crippen LogP contribution in [0.25, 0.3) is 22.3 Å². The van der Waals surface area contributed by atoms with Crippen LogP contribution in [0.4, 0.5) is 0 Å². The Bertz CT molecular complexity index is 1030. The van der Waals surface area contributed by atoms with Gasteiger partial charge in [0.2, 0.25) is 0 Å². The second-order valence-corrected chi connectivity index (χ2v) is 6.68. The number of benzene rings is 1. The third kappa shape index (κ3) is 2.80. The van der Waals surface area contributed by atoms with Crippen LogP contribution in [-0.2, 0) is 6.54 Å². The number of nitrogens with zero attached hydrogens (tertiary/aromatic N) is 4. The molecular formula is C21H18N4. The van der Waals surface area contributed by atoms with Gasteiger partial charge in [-0.3, -0.25) is 9.97 Å². The van der Waals surface area contributed by atoms with Gasteiger partial charge in [-0.1, -0.05) is 6.07 Å². The van der Waals surface area contributed by atoms with Crippen molar-refractivity contribution in [3.8, 4) is 11.3 Å². The molecule has 0 atom stereocenters. The maximum absolute atomic E-state index is 4.59. The molecule has 1 fully saturated rings. The fraction of sp³-hybridized carbons (Fsp3) is 0.190. The average Bonchev–Trinajstić information content (AvgIpc) is 3.45. The third-order valence-corrected chi connectivity index (χ3v) is 4.85. The maximum atomic E-state index is 4.59. The number of aromatic nitrogens is 4. The molecule has 0 aliphatic heterocycles. The average molecular weight is 326 g/mol. The standard InChI is InChI=1S/C21H18N4/c1-2-16(1)17-7-10-23-20(11-17)18-3-4-19-21(12-18)25(14-24-19)13-15-5-8-22-9-6-15/h3-12,14,16H,1-2,13H2. The van der Waals surface area contributed by atoms with Gasteiger partial charge in [0.25, 0.3) is 0 Å². The van der Waals surface area contributed by atoms with Gasteiger partial charge in [-0.25, -0.2) is 4.98 Å². The second kappa shape index (κ2) is 5.81. The molecule has 3 heterocycles. The van der Waals surface area contributed by atoms with Gasteiger partial charge in [-0.2, -0.15) is 0 Å². The molecule has 0 bridgehead atoms. The van der Waals surface area contributed by atoms with E-state index in [9.17, 15) is 0 Å². The summed E-state index contributed by atoms with van der Waals surface area (Å²) in [6, 6.07) is 14.9. The molecular weight excluding hydrogens is 308 g/mol. The molecule has 5 rings (SSSR count). The molecule has 4 heteroatoms. The van der Waals surface area contributed by atoms with Crippen LogP contribution in [-0.4, -0.2) is 19.5 Å². The topological polar surface area (TPSA) is 43.6 Å². The minimum absolute atomic E-state index is 0.739. The summed E-state index contributed by atoms with van der Waals surface area (Å²) in [5.74, 6) is 0.739. The molecule has 0 unspecified atom stereocenters. The van der Waals surface area contributed by atoms with Crippen molar-refractivity contribution in [3.05, 3.63) is 78.5 Å². The summed E-state index contributed by atoms with van der Waals surface area (Å²) in [6.07, 6.45) is 10.1. The number of hydrogen-bond acceptors (Lipinski definition) is 3. The van der Waals surface area contributed by atoms with Gasteiger partial charge in [-0.15, -0.1) is 0 Å². The van der Waals surface area contributed by atoms with Gasteiger partial charge in [0.15, 0.2) is 0 Å². The first kappa shape index (κ1) is 14.3. The molecule has 0 N–H and O–H groups in total. The zero-order chi connectivity index (χ0) is 16.6. The lowest BCUT2D eigenvalue weighted by atomic mass is 10.1. The molecule has 0 saturated heterocycles. The Balaban J connectivity index is 1.54. The van der Waals surface area contributed by atoms with Crippen molar-refractivity contribution in [2.45, 2.75) is 25.3 Å². The predicted molar refractivity (Wildman–Crippen MR) is 98.3 cm³/mol. The van der Waals surface area contributed by atoms with Crippen LogP contribution in [0.15, 0.2) is 67.4 Å². The summed E-state index contributed by atoms with van der Waals surface area (Å²) >= 11 is 0. The van der Waals surface area contributed by atoms with Crippen LogP contribution in [0.2, 0.25) is 0 Å². The zero-order valence-electron chi connectivity index (χ0n) is 13.8. The largest absolute Gasteiger partial charge is 0.326 e. The quantitative estimate of drug-likeness (QED) is 0.557. The monoisotopic (exact) mass is 326 g/mol. The minimum Gasteiger partial charge on any atom is -0.326 e. The van der Waals surface area contributed by atoms with Gasteiger partial charge in [0.1, 0.15) is 0 Å². The van der Waals surface area contributed by atoms with Crippen LogP contribution < -0.4 is 0 Å². The van der Waals surface area contributed by atoms with E-state index in [0.717, 1.165) is 34.8 Å². The summed E-state index contributed by atoms with van der Waals surface area (Å²) in [5.41, 5.74) is 6.96. The van der Waals surface area contributed by atoms with E-state index in [1.165, 1.54) is 24.0 Å². The number of pyridine rings is 2. The lowest BCUT2D eigenvalue weighted by molar-refractivity contribution is 0.822. The Morgan fingerprint density at radius 1 is 0.920 bits per heavy atom. The molecule has 1 aromatic carbocycles. The van der Waals surface area contributed by atoms with E-state index in [-0.39, 0.29) is 0 Å². The SMILES string of the molecule is c1cc(Cn2cnc3ccc(-c4cc(C5CC5)ccn4)cc32)ccn1. The normalized spacial score (nSPS) is 14.1. The smallest absolute Gasteiger partial charge is 0.0961 e. The fourth-order valence-electron chi connectivity index (χ4n) is 3.30. The van der Waals surface area contributed by atoms with Crippen molar-refractivity contribution in [2.75, 3.05) is 0 Å². The lowest BCUT2D eigenvalue weighted by Gasteiger charge is -2.07. The molecule has 0 radical (unpaired) electrons. The van der Waals surface area contributed by atoms with Gasteiger partial charge < -0.3 is 4.57 Å². The van der Waals surface area contributed by atoms with Crippen LogP contribution in [0.5, 0.6) is 0 Å². The van der Waals surface area contributed by atoms with E-state index < -0.39 is 0 Å². The molecule has 122 valence electrons. The van der Waals surface area contributed by atoms with E-state index in [1.54, 1.807) is 0 Å². The van der Waals surface area contributed by atoms with Crippen molar-refractivity contribution in [1.29, 1.82) is 0 Å². The Morgan fingerprint density at radius 3 is 2.64 bits per heavy atom. The molecule has 0 amide bonds. The molecule has 3 aromatic heterocycles. The van der Waals surface area contributed by atoms with Gasteiger partial charge in [0.05, 0.1) is 23.1 Å². The highest BCUT2D eigenvalue weighted by molar-refractivity contribution is 5.81.